The highest BCUT2D eigenvalue weighted by atomic mass is 19.4. The van der Waals surface area contributed by atoms with Crippen molar-refractivity contribution in [2.24, 2.45) is 5.92 Å². The summed E-state index contributed by atoms with van der Waals surface area (Å²) in [6.45, 7) is 0.514. The molecular weight excluding hydrogens is 247 g/mol. The third-order valence-corrected chi connectivity index (χ3v) is 4.32. The smallest absolute Gasteiger partial charge is 0.390 e. The van der Waals surface area contributed by atoms with Crippen LogP contribution in [0.1, 0.15) is 32.1 Å². The molecule has 1 saturated heterocycles. The molecule has 0 radical (unpaired) electrons. The summed E-state index contributed by atoms with van der Waals surface area (Å²) in [6, 6.07) is 0. The lowest BCUT2D eigenvalue weighted by Crippen LogP contribution is -2.55. The van der Waals surface area contributed by atoms with Crippen LogP contribution < -0.4 is 0 Å². The first-order valence-corrected chi connectivity index (χ1v) is 6.51. The van der Waals surface area contributed by atoms with Gasteiger partial charge in [0.25, 0.3) is 0 Å². The highest BCUT2D eigenvalue weighted by molar-refractivity contribution is 4.96. The van der Waals surface area contributed by atoms with Crippen molar-refractivity contribution in [3.63, 3.8) is 0 Å². The standard InChI is InChI=1S/C12H20F3NO2/c13-12(14,15)10(17)8-16-6-5-11(18)4-2-1-3-9(11)7-16/h9-10,17-18H,1-8H2. The van der Waals surface area contributed by atoms with Crippen molar-refractivity contribution in [1.29, 1.82) is 0 Å². The number of halogens is 3. The quantitative estimate of drug-likeness (QED) is 0.797. The molecule has 18 heavy (non-hydrogen) atoms. The van der Waals surface area contributed by atoms with E-state index in [9.17, 15) is 18.3 Å². The van der Waals surface area contributed by atoms with Crippen molar-refractivity contribution < 1.29 is 23.4 Å². The van der Waals surface area contributed by atoms with Crippen LogP contribution in [-0.4, -0.2) is 52.6 Å². The van der Waals surface area contributed by atoms with Gasteiger partial charge in [-0.1, -0.05) is 12.8 Å². The SMILES string of the molecule is OC(CN1CCC2(O)CCCCC2C1)C(F)(F)F. The minimum absolute atomic E-state index is 0.0560. The summed E-state index contributed by atoms with van der Waals surface area (Å²) in [5.41, 5.74) is -0.683. The maximum atomic E-state index is 12.3. The Bertz CT molecular complexity index is 298. The first-order chi connectivity index (χ1) is 8.31. The molecule has 2 fully saturated rings. The Hall–Kier alpha value is -0.330. The van der Waals surface area contributed by atoms with Crippen LogP contribution >= 0.6 is 0 Å². The van der Waals surface area contributed by atoms with Gasteiger partial charge >= 0.3 is 6.18 Å². The van der Waals surface area contributed by atoms with Crippen LogP contribution in [0.4, 0.5) is 13.2 Å². The number of piperidine rings is 1. The molecule has 1 aliphatic heterocycles. The van der Waals surface area contributed by atoms with Crippen LogP contribution in [-0.2, 0) is 0 Å². The van der Waals surface area contributed by atoms with E-state index in [1.807, 2.05) is 0 Å². The molecule has 0 spiro atoms. The van der Waals surface area contributed by atoms with Gasteiger partial charge in [0.2, 0.25) is 0 Å². The van der Waals surface area contributed by atoms with Crippen LogP contribution in [0.2, 0.25) is 0 Å². The van der Waals surface area contributed by atoms with E-state index in [2.05, 4.69) is 0 Å². The molecule has 2 aliphatic rings. The number of alkyl halides is 3. The van der Waals surface area contributed by atoms with E-state index >= 15 is 0 Å². The van der Waals surface area contributed by atoms with Gasteiger partial charge in [-0.05, 0) is 19.3 Å². The summed E-state index contributed by atoms with van der Waals surface area (Å²) in [5.74, 6) is 0.0560. The number of hydrogen-bond donors (Lipinski definition) is 2. The molecule has 1 saturated carbocycles. The molecule has 0 aromatic heterocycles. The van der Waals surface area contributed by atoms with Gasteiger partial charge in [-0.25, -0.2) is 0 Å². The number of fused-ring (bicyclic) bond motifs is 1. The molecule has 1 aliphatic carbocycles. The molecule has 2 rings (SSSR count). The molecule has 3 unspecified atom stereocenters. The van der Waals surface area contributed by atoms with E-state index in [0.717, 1.165) is 25.7 Å². The van der Waals surface area contributed by atoms with E-state index in [-0.39, 0.29) is 12.5 Å². The molecular formula is C12H20F3NO2. The van der Waals surface area contributed by atoms with Crippen LogP contribution in [0.15, 0.2) is 0 Å². The summed E-state index contributed by atoms with van der Waals surface area (Å²) in [4.78, 5) is 1.63. The second kappa shape index (κ2) is 4.98. The summed E-state index contributed by atoms with van der Waals surface area (Å²) < 4.78 is 36.9. The van der Waals surface area contributed by atoms with E-state index in [0.29, 0.717) is 19.5 Å². The third kappa shape index (κ3) is 2.97. The first kappa shape index (κ1) is 14.1. The molecule has 0 aromatic carbocycles. The molecule has 106 valence electrons. The predicted octanol–water partition coefficient (Wildman–Crippen LogP) is 1.54. The maximum absolute atomic E-state index is 12.3. The average Bonchev–Trinajstić information content (AvgIpc) is 2.28. The summed E-state index contributed by atoms with van der Waals surface area (Å²) in [6.07, 6.45) is -2.67. The van der Waals surface area contributed by atoms with Gasteiger partial charge in [0, 0.05) is 25.6 Å². The Labute approximate surface area is 105 Å². The number of β-amino-alcohol motifs (C(OH)–C–C–N with tert-alkyl or cyclic N) is 1. The fourth-order valence-corrected chi connectivity index (χ4v) is 3.15. The topological polar surface area (TPSA) is 43.7 Å². The number of hydrogen-bond acceptors (Lipinski definition) is 3. The Balaban J connectivity index is 1.91. The second-order valence-corrected chi connectivity index (χ2v) is 5.61. The van der Waals surface area contributed by atoms with Crippen molar-refractivity contribution in [2.75, 3.05) is 19.6 Å². The number of nitrogens with zero attached hydrogens (tertiary/aromatic N) is 1. The van der Waals surface area contributed by atoms with Gasteiger partial charge in [0.15, 0.2) is 6.10 Å². The number of rotatable bonds is 2. The Morgan fingerprint density at radius 1 is 1.28 bits per heavy atom. The highest BCUT2D eigenvalue weighted by Crippen LogP contribution is 2.40. The van der Waals surface area contributed by atoms with Crippen molar-refractivity contribution in [1.82, 2.24) is 4.90 Å². The van der Waals surface area contributed by atoms with Gasteiger partial charge in [0.05, 0.1) is 5.60 Å². The number of likely N-dealkylation sites (tertiary alicyclic amines) is 1. The van der Waals surface area contributed by atoms with Gasteiger partial charge in [-0.15, -0.1) is 0 Å². The van der Waals surface area contributed by atoms with Gasteiger partial charge < -0.3 is 10.2 Å². The normalized spacial score (nSPS) is 36.2. The minimum atomic E-state index is -4.56. The van der Waals surface area contributed by atoms with Crippen molar-refractivity contribution >= 4 is 0 Å². The zero-order valence-electron chi connectivity index (χ0n) is 10.3. The van der Waals surface area contributed by atoms with Crippen molar-refractivity contribution in [3.8, 4) is 0 Å². The zero-order chi connectivity index (χ0) is 13.4. The Morgan fingerprint density at radius 2 is 2.00 bits per heavy atom. The summed E-state index contributed by atoms with van der Waals surface area (Å²) in [5, 5.41) is 19.5. The number of aliphatic hydroxyl groups excluding tert-OH is 1. The summed E-state index contributed by atoms with van der Waals surface area (Å²) in [7, 11) is 0. The molecule has 0 aromatic rings. The number of aliphatic hydroxyl groups is 2. The molecule has 3 atom stereocenters. The Morgan fingerprint density at radius 3 is 2.67 bits per heavy atom. The van der Waals surface area contributed by atoms with Crippen LogP contribution in [0.5, 0.6) is 0 Å². The predicted molar refractivity (Wildman–Crippen MR) is 60.0 cm³/mol. The largest absolute Gasteiger partial charge is 0.415 e. The van der Waals surface area contributed by atoms with Crippen LogP contribution in [0, 0.1) is 5.92 Å². The van der Waals surface area contributed by atoms with E-state index in [1.54, 1.807) is 4.90 Å². The lowest BCUT2D eigenvalue weighted by molar-refractivity contribution is -0.211. The van der Waals surface area contributed by atoms with Gasteiger partial charge in [-0.2, -0.15) is 13.2 Å². The first-order valence-electron chi connectivity index (χ1n) is 6.51. The fourth-order valence-electron chi connectivity index (χ4n) is 3.15. The molecule has 0 amide bonds. The van der Waals surface area contributed by atoms with Gasteiger partial charge in [0.1, 0.15) is 0 Å². The third-order valence-electron chi connectivity index (χ3n) is 4.32. The lowest BCUT2D eigenvalue weighted by Gasteiger charge is -2.47. The molecule has 6 heteroatoms. The van der Waals surface area contributed by atoms with Gasteiger partial charge in [-0.3, -0.25) is 4.90 Å². The van der Waals surface area contributed by atoms with E-state index < -0.39 is 17.9 Å². The molecule has 1 heterocycles. The monoisotopic (exact) mass is 267 g/mol. The van der Waals surface area contributed by atoms with Crippen molar-refractivity contribution in [3.05, 3.63) is 0 Å². The van der Waals surface area contributed by atoms with E-state index in [4.69, 9.17) is 5.11 Å². The Kier molecular flexibility index (Phi) is 3.90. The second-order valence-electron chi connectivity index (χ2n) is 5.61. The molecule has 0 bridgehead atoms. The average molecular weight is 267 g/mol. The van der Waals surface area contributed by atoms with Crippen LogP contribution in [0.3, 0.4) is 0 Å². The van der Waals surface area contributed by atoms with Crippen molar-refractivity contribution in [2.45, 2.75) is 50.0 Å². The molecule has 2 N–H and O–H groups in total. The zero-order valence-corrected chi connectivity index (χ0v) is 10.3. The maximum Gasteiger partial charge on any atom is 0.415 e. The minimum Gasteiger partial charge on any atom is -0.390 e. The summed E-state index contributed by atoms with van der Waals surface area (Å²) >= 11 is 0. The fraction of sp³-hybridized carbons (Fsp3) is 1.00. The lowest BCUT2D eigenvalue weighted by atomic mass is 9.71. The molecule has 3 nitrogen and oxygen atoms in total. The highest BCUT2D eigenvalue weighted by Gasteiger charge is 2.45. The van der Waals surface area contributed by atoms with Crippen LogP contribution in [0.25, 0.3) is 0 Å². The van der Waals surface area contributed by atoms with E-state index in [1.165, 1.54) is 0 Å².